The van der Waals surface area contributed by atoms with Crippen molar-refractivity contribution in [2.45, 2.75) is 0 Å². The van der Waals surface area contributed by atoms with Crippen molar-refractivity contribution in [3.63, 3.8) is 0 Å². The average Bonchev–Trinajstić information content (AvgIpc) is 1.91. The van der Waals surface area contributed by atoms with Crippen LogP contribution < -0.4 is 17.0 Å². The number of allylic oxidation sites excluding steroid dienone is 3. The SMILES string of the molecule is C=C/C(=C/C=C\N)NN. The van der Waals surface area contributed by atoms with E-state index < -0.39 is 0 Å². The summed E-state index contributed by atoms with van der Waals surface area (Å²) in [5, 5.41) is 0. The van der Waals surface area contributed by atoms with E-state index in [2.05, 4.69) is 12.0 Å². The van der Waals surface area contributed by atoms with E-state index >= 15 is 0 Å². The molecule has 0 aromatic heterocycles. The minimum atomic E-state index is 0.733. The number of rotatable bonds is 3. The quantitative estimate of drug-likeness (QED) is 0.282. The molecule has 0 unspecified atom stereocenters. The second-order valence-corrected chi connectivity index (χ2v) is 1.36. The van der Waals surface area contributed by atoms with Crippen LogP contribution in [0.2, 0.25) is 0 Å². The van der Waals surface area contributed by atoms with Gasteiger partial charge in [0.25, 0.3) is 0 Å². The summed E-state index contributed by atoms with van der Waals surface area (Å²) in [5.74, 6) is 5.06. The van der Waals surface area contributed by atoms with E-state index in [1.807, 2.05) is 0 Å². The summed E-state index contributed by atoms with van der Waals surface area (Å²) in [5.41, 5.74) is 8.21. The third-order valence-electron chi connectivity index (χ3n) is 0.773. The summed E-state index contributed by atoms with van der Waals surface area (Å²) in [4.78, 5) is 0. The first-order valence-electron chi connectivity index (χ1n) is 2.52. The monoisotopic (exact) mass is 125 g/mol. The van der Waals surface area contributed by atoms with Crippen molar-refractivity contribution in [2.24, 2.45) is 11.6 Å². The molecule has 0 bridgehead atoms. The molecule has 50 valence electrons. The standard InChI is InChI=1S/C6H11N3/c1-2-6(9-8)4-3-5-7/h2-5,9H,1,7-8H2/b5-3-,6-4-. The fraction of sp³-hybridized carbons (Fsp3) is 0. The summed E-state index contributed by atoms with van der Waals surface area (Å²) in [6.45, 7) is 3.50. The van der Waals surface area contributed by atoms with Crippen LogP contribution in [0.25, 0.3) is 0 Å². The van der Waals surface area contributed by atoms with Gasteiger partial charge in [0.2, 0.25) is 0 Å². The van der Waals surface area contributed by atoms with Gasteiger partial charge in [-0.05, 0) is 24.4 Å². The van der Waals surface area contributed by atoms with Crippen molar-refractivity contribution < 1.29 is 0 Å². The number of hydrogen-bond acceptors (Lipinski definition) is 3. The maximum absolute atomic E-state index is 5.06. The third kappa shape index (κ3) is 3.37. The molecule has 0 aliphatic rings. The Hall–Kier alpha value is -1.22. The summed E-state index contributed by atoms with van der Waals surface area (Å²) in [6.07, 6.45) is 6.39. The molecule has 5 N–H and O–H groups in total. The average molecular weight is 125 g/mol. The Bertz CT molecular complexity index is 135. The number of nitrogens with two attached hydrogens (primary N) is 2. The van der Waals surface area contributed by atoms with Crippen LogP contribution in [0.3, 0.4) is 0 Å². The molecule has 0 saturated heterocycles. The van der Waals surface area contributed by atoms with Crippen LogP contribution in [0.4, 0.5) is 0 Å². The lowest BCUT2D eigenvalue weighted by atomic mass is 10.4. The fourth-order valence-corrected chi connectivity index (χ4v) is 0.334. The Morgan fingerprint density at radius 1 is 1.56 bits per heavy atom. The van der Waals surface area contributed by atoms with E-state index in [-0.39, 0.29) is 0 Å². The molecule has 0 fully saturated rings. The lowest BCUT2D eigenvalue weighted by Gasteiger charge is -1.94. The van der Waals surface area contributed by atoms with Crippen LogP contribution in [-0.2, 0) is 0 Å². The number of hydrogen-bond donors (Lipinski definition) is 3. The van der Waals surface area contributed by atoms with Crippen molar-refractivity contribution in [2.75, 3.05) is 0 Å². The summed E-state index contributed by atoms with van der Waals surface area (Å²) in [6, 6.07) is 0. The van der Waals surface area contributed by atoms with E-state index in [9.17, 15) is 0 Å². The van der Waals surface area contributed by atoms with Gasteiger partial charge in [0.15, 0.2) is 0 Å². The zero-order valence-corrected chi connectivity index (χ0v) is 5.17. The largest absolute Gasteiger partial charge is 0.405 e. The summed E-state index contributed by atoms with van der Waals surface area (Å²) in [7, 11) is 0. The van der Waals surface area contributed by atoms with E-state index in [0.717, 1.165) is 5.70 Å². The van der Waals surface area contributed by atoms with Gasteiger partial charge in [0.05, 0.1) is 0 Å². The Morgan fingerprint density at radius 3 is 2.56 bits per heavy atom. The minimum absolute atomic E-state index is 0.733. The Morgan fingerprint density at radius 2 is 2.22 bits per heavy atom. The zero-order chi connectivity index (χ0) is 7.11. The lowest BCUT2D eigenvalue weighted by molar-refractivity contribution is 0.917. The molecule has 3 heteroatoms. The number of nitrogens with one attached hydrogen (secondary N) is 1. The molecule has 0 atom stereocenters. The van der Waals surface area contributed by atoms with E-state index in [1.165, 1.54) is 6.20 Å². The van der Waals surface area contributed by atoms with Gasteiger partial charge in [0, 0.05) is 5.70 Å². The first-order valence-corrected chi connectivity index (χ1v) is 2.52. The van der Waals surface area contributed by atoms with Gasteiger partial charge in [-0.25, -0.2) is 0 Å². The highest BCUT2D eigenvalue weighted by molar-refractivity contribution is 5.18. The molecule has 0 heterocycles. The maximum atomic E-state index is 5.06. The molecule has 3 nitrogen and oxygen atoms in total. The van der Waals surface area contributed by atoms with E-state index in [0.29, 0.717) is 0 Å². The normalized spacial score (nSPS) is 11.9. The van der Waals surface area contributed by atoms with Gasteiger partial charge in [-0.15, -0.1) is 0 Å². The van der Waals surface area contributed by atoms with Gasteiger partial charge < -0.3 is 11.2 Å². The van der Waals surface area contributed by atoms with E-state index in [1.54, 1.807) is 18.2 Å². The summed E-state index contributed by atoms with van der Waals surface area (Å²) < 4.78 is 0. The molecule has 0 saturated carbocycles. The first kappa shape index (κ1) is 7.78. The zero-order valence-electron chi connectivity index (χ0n) is 5.17. The van der Waals surface area contributed by atoms with Crippen molar-refractivity contribution in [1.82, 2.24) is 5.43 Å². The van der Waals surface area contributed by atoms with Crippen LogP contribution in [0.15, 0.2) is 36.7 Å². The van der Waals surface area contributed by atoms with Crippen LogP contribution in [-0.4, -0.2) is 0 Å². The second-order valence-electron chi connectivity index (χ2n) is 1.36. The summed E-state index contributed by atoms with van der Waals surface area (Å²) >= 11 is 0. The van der Waals surface area contributed by atoms with Crippen LogP contribution in [0.5, 0.6) is 0 Å². The molecule has 9 heavy (non-hydrogen) atoms. The molecule has 0 aromatic carbocycles. The Labute approximate surface area is 54.7 Å². The fourth-order valence-electron chi connectivity index (χ4n) is 0.334. The smallest absolute Gasteiger partial charge is 0.0479 e. The third-order valence-corrected chi connectivity index (χ3v) is 0.773. The lowest BCUT2D eigenvalue weighted by Crippen LogP contribution is -2.19. The molecule has 0 rings (SSSR count). The molecule has 0 aromatic rings. The number of hydrazine groups is 1. The highest BCUT2D eigenvalue weighted by atomic mass is 15.2. The van der Waals surface area contributed by atoms with Crippen LogP contribution >= 0.6 is 0 Å². The molecule has 0 amide bonds. The predicted molar refractivity (Wildman–Crippen MR) is 38.9 cm³/mol. The first-order chi connectivity index (χ1) is 4.35. The molecular formula is C6H11N3. The molecule has 0 spiro atoms. The van der Waals surface area contributed by atoms with E-state index in [4.69, 9.17) is 11.6 Å². The molecule has 0 aliphatic heterocycles. The van der Waals surface area contributed by atoms with Crippen molar-refractivity contribution in [3.05, 3.63) is 36.7 Å². The van der Waals surface area contributed by atoms with Gasteiger partial charge >= 0.3 is 0 Å². The van der Waals surface area contributed by atoms with Crippen molar-refractivity contribution in [3.8, 4) is 0 Å². The second kappa shape index (κ2) is 4.93. The Kier molecular flexibility index (Phi) is 4.26. The highest BCUT2D eigenvalue weighted by Crippen LogP contribution is 1.86. The minimum Gasteiger partial charge on any atom is -0.405 e. The van der Waals surface area contributed by atoms with Crippen molar-refractivity contribution in [1.29, 1.82) is 0 Å². The van der Waals surface area contributed by atoms with Crippen molar-refractivity contribution >= 4 is 0 Å². The van der Waals surface area contributed by atoms with Crippen LogP contribution in [0.1, 0.15) is 0 Å². The molecule has 0 aliphatic carbocycles. The van der Waals surface area contributed by atoms with Gasteiger partial charge in [-0.3, -0.25) is 5.84 Å². The maximum Gasteiger partial charge on any atom is 0.0479 e. The Balaban J connectivity index is 3.90. The van der Waals surface area contributed by atoms with Gasteiger partial charge in [-0.1, -0.05) is 6.58 Å². The van der Waals surface area contributed by atoms with Gasteiger partial charge in [0.1, 0.15) is 0 Å². The topological polar surface area (TPSA) is 64.1 Å². The highest BCUT2D eigenvalue weighted by Gasteiger charge is 1.77. The molecule has 0 radical (unpaired) electrons. The van der Waals surface area contributed by atoms with Gasteiger partial charge in [-0.2, -0.15) is 0 Å². The molecular weight excluding hydrogens is 114 g/mol. The predicted octanol–water partition coefficient (Wildman–Crippen LogP) is -0.00800. The van der Waals surface area contributed by atoms with Crippen LogP contribution in [0, 0.1) is 0 Å².